The van der Waals surface area contributed by atoms with E-state index in [4.69, 9.17) is 0 Å². The third kappa shape index (κ3) is 6.14. The molecule has 12 aromatic carbocycles. The van der Waals surface area contributed by atoms with Crippen molar-refractivity contribution in [2.75, 3.05) is 9.80 Å². The predicted molar refractivity (Wildman–Crippen MR) is 320 cm³/mol. The van der Waals surface area contributed by atoms with Crippen LogP contribution in [0.2, 0.25) is 0 Å². The topological polar surface area (TPSA) is 6.48 Å². The van der Waals surface area contributed by atoms with Gasteiger partial charge in [0.25, 0.3) is 0 Å². The number of rotatable bonds is 7. The van der Waals surface area contributed by atoms with Gasteiger partial charge >= 0.3 is 0 Å². The summed E-state index contributed by atoms with van der Waals surface area (Å²) in [5.41, 5.74) is 21.9. The van der Waals surface area contributed by atoms with Crippen molar-refractivity contribution in [1.82, 2.24) is 0 Å². The quantitative estimate of drug-likeness (QED) is 0.147. The van der Waals surface area contributed by atoms with Crippen molar-refractivity contribution in [3.05, 3.63) is 239 Å². The van der Waals surface area contributed by atoms with Gasteiger partial charge in [-0.25, -0.2) is 0 Å². The molecule has 0 N–H and O–H groups in total. The third-order valence-corrected chi connectivity index (χ3v) is 18.3. The Balaban J connectivity index is 1.08. The van der Waals surface area contributed by atoms with Crippen molar-refractivity contribution >= 4 is 88.0 Å². The van der Waals surface area contributed by atoms with Crippen molar-refractivity contribution in [2.45, 2.75) is 84.0 Å². The molecule has 3 aliphatic carbocycles. The summed E-state index contributed by atoms with van der Waals surface area (Å²) >= 11 is 0. The number of fused-ring (bicyclic) bond motifs is 8. The van der Waals surface area contributed by atoms with E-state index in [2.05, 4.69) is 258 Å². The lowest BCUT2D eigenvalue weighted by Crippen LogP contribution is -2.24. The first-order valence-electron chi connectivity index (χ1n) is 27.3. The lowest BCUT2D eigenvalue weighted by Gasteiger charge is -2.38. The van der Waals surface area contributed by atoms with Crippen LogP contribution in [0.15, 0.2) is 200 Å². The Labute approximate surface area is 440 Å². The smallest absolute Gasteiger partial charge is 0.0543 e. The molecule has 75 heavy (non-hydrogen) atoms. The summed E-state index contributed by atoms with van der Waals surface area (Å²) in [6.07, 6.45) is 2.99. The van der Waals surface area contributed by atoms with E-state index in [1.165, 1.54) is 149 Å². The molecular weight excluding hydrogens is 905 g/mol. The zero-order chi connectivity index (χ0) is 50.7. The van der Waals surface area contributed by atoms with Crippen molar-refractivity contribution in [3.63, 3.8) is 0 Å². The van der Waals surface area contributed by atoms with Gasteiger partial charge in [0, 0.05) is 38.4 Å². The third-order valence-electron chi connectivity index (χ3n) is 18.3. The van der Waals surface area contributed by atoms with E-state index in [-0.39, 0.29) is 16.2 Å². The number of hydrogen-bond acceptors (Lipinski definition) is 2. The molecule has 12 aromatic rings. The van der Waals surface area contributed by atoms with Gasteiger partial charge in [0.15, 0.2) is 0 Å². The highest BCUT2D eigenvalue weighted by Gasteiger charge is 2.42. The molecule has 362 valence electrons. The number of aryl methyl sites for hydroxylation is 2. The molecule has 3 aliphatic rings. The maximum absolute atomic E-state index is 2.66. The van der Waals surface area contributed by atoms with Crippen LogP contribution >= 0.6 is 0 Å². The average molecular weight is 965 g/mol. The van der Waals surface area contributed by atoms with Crippen LogP contribution in [0.5, 0.6) is 0 Å². The number of hydrogen-bond donors (Lipinski definition) is 0. The Kier molecular flexibility index (Phi) is 9.25. The van der Waals surface area contributed by atoms with Gasteiger partial charge in [-0.05, 0) is 178 Å². The largest absolute Gasteiger partial charge is 0.310 e. The fourth-order valence-corrected chi connectivity index (χ4v) is 14.7. The van der Waals surface area contributed by atoms with E-state index < -0.39 is 0 Å². The van der Waals surface area contributed by atoms with Crippen molar-refractivity contribution in [3.8, 4) is 22.3 Å². The van der Waals surface area contributed by atoms with Crippen LogP contribution in [-0.2, 0) is 29.1 Å². The molecule has 0 aliphatic heterocycles. The molecule has 0 radical (unpaired) electrons. The highest BCUT2D eigenvalue weighted by Crippen LogP contribution is 2.59. The van der Waals surface area contributed by atoms with Crippen LogP contribution in [0.25, 0.3) is 76.1 Å². The van der Waals surface area contributed by atoms with Crippen LogP contribution < -0.4 is 9.80 Å². The molecule has 15 rings (SSSR count). The number of anilines is 6. The minimum absolute atomic E-state index is 0.0541. The van der Waals surface area contributed by atoms with E-state index in [9.17, 15) is 0 Å². The lowest BCUT2D eigenvalue weighted by atomic mass is 9.70. The first-order valence-corrected chi connectivity index (χ1v) is 27.3. The van der Waals surface area contributed by atoms with Crippen LogP contribution in [-0.4, -0.2) is 0 Å². The summed E-state index contributed by atoms with van der Waals surface area (Å²) in [7, 11) is 0. The maximum atomic E-state index is 2.66. The zero-order valence-corrected chi connectivity index (χ0v) is 44.1. The monoisotopic (exact) mass is 964 g/mol. The van der Waals surface area contributed by atoms with Gasteiger partial charge in [0.2, 0.25) is 0 Å². The van der Waals surface area contributed by atoms with E-state index in [1.54, 1.807) is 0 Å². The van der Waals surface area contributed by atoms with Gasteiger partial charge in [-0.15, -0.1) is 0 Å². The Morgan fingerprint density at radius 2 is 0.867 bits per heavy atom. The summed E-state index contributed by atoms with van der Waals surface area (Å²) < 4.78 is 0. The number of benzene rings is 12. The van der Waals surface area contributed by atoms with Crippen molar-refractivity contribution in [1.29, 1.82) is 0 Å². The van der Waals surface area contributed by atoms with Gasteiger partial charge in [-0.3, -0.25) is 0 Å². The Morgan fingerprint density at radius 3 is 1.43 bits per heavy atom. The Hall–Kier alpha value is -8.20. The average Bonchev–Trinajstić information content (AvgIpc) is 3.84. The second kappa shape index (κ2) is 15.7. The van der Waals surface area contributed by atoms with E-state index in [0.29, 0.717) is 0 Å². The van der Waals surface area contributed by atoms with Crippen molar-refractivity contribution in [2.24, 2.45) is 0 Å². The molecule has 0 fully saturated rings. The minimum Gasteiger partial charge on any atom is -0.310 e. The van der Waals surface area contributed by atoms with Crippen LogP contribution in [0.3, 0.4) is 0 Å². The van der Waals surface area contributed by atoms with Crippen LogP contribution in [0, 0.1) is 0 Å². The second-order valence-corrected chi connectivity index (χ2v) is 23.6. The maximum Gasteiger partial charge on any atom is 0.0543 e. The second-order valence-electron chi connectivity index (χ2n) is 23.6. The van der Waals surface area contributed by atoms with Gasteiger partial charge in [-0.1, -0.05) is 194 Å². The first kappa shape index (κ1) is 44.3. The molecule has 2 nitrogen and oxygen atoms in total. The molecule has 0 spiro atoms. The first-order chi connectivity index (χ1) is 36.4. The Bertz CT molecular complexity index is 4390. The normalized spacial score (nSPS) is 15.4. The van der Waals surface area contributed by atoms with E-state index >= 15 is 0 Å². The fourth-order valence-electron chi connectivity index (χ4n) is 14.7. The molecule has 0 heterocycles. The summed E-state index contributed by atoms with van der Waals surface area (Å²) in [5, 5.41) is 13.1. The minimum atomic E-state index is -0.230. The molecule has 0 saturated carbocycles. The summed E-state index contributed by atoms with van der Waals surface area (Å²) in [4.78, 5) is 5.31. The summed E-state index contributed by atoms with van der Waals surface area (Å²) in [6.45, 7) is 17.1. The zero-order valence-electron chi connectivity index (χ0n) is 44.1. The van der Waals surface area contributed by atoms with E-state index in [0.717, 1.165) is 19.3 Å². The SMILES string of the molecule is CCc1cc(N(c2ccc3ccccc3c2)c2cccc3c2C(C)(C)c2ccccc2-3)c2cc3c4c(cc(N(c5ccc6ccccc6c5)c5cccc6c5C(C)(C)c5ccccc5-6)c5ccc1c2c54)CCC3(C)C. The summed E-state index contributed by atoms with van der Waals surface area (Å²) in [5.74, 6) is 0. The molecule has 0 amide bonds. The molecule has 0 aromatic heterocycles. The molecule has 0 atom stereocenters. The fraction of sp³-hybridized carbons (Fsp3) is 0.178. The van der Waals surface area contributed by atoms with Crippen LogP contribution in [0.4, 0.5) is 34.1 Å². The number of nitrogens with zero attached hydrogens (tertiary/aromatic N) is 2. The van der Waals surface area contributed by atoms with Gasteiger partial charge < -0.3 is 9.80 Å². The molecule has 2 heteroatoms. The molecule has 0 saturated heterocycles. The lowest BCUT2D eigenvalue weighted by molar-refractivity contribution is 0.475. The van der Waals surface area contributed by atoms with Gasteiger partial charge in [0.05, 0.1) is 22.7 Å². The van der Waals surface area contributed by atoms with Gasteiger partial charge in [0.1, 0.15) is 0 Å². The van der Waals surface area contributed by atoms with E-state index in [1.807, 2.05) is 0 Å². The van der Waals surface area contributed by atoms with Crippen molar-refractivity contribution < 1.29 is 0 Å². The molecule has 0 unspecified atom stereocenters. The van der Waals surface area contributed by atoms with Crippen LogP contribution in [0.1, 0.15) is 93.8 Å². The highest BCUT2D eigenvalue weighted by molar-refractivity contribution is 6.30. The summed E-state index contributed by atoms with van der Waals surface area (Å²) in [6, 6.07) is 76.9. The standard InChI is InChI=1S/C73H60N2/c1-8-44-41-65(75(51-34-32-46-20-10-12-22-48(46)40-51)63-30-18-26-56-54-24-14-16-28-60(54)73(6,7)70(56)63)58-43-61-66-49(37-38-71(61,2)3)42-64(57-36-35-52(44)67(58)68(57)66)74(50-33-31-45-19-9-11-21-47(45)39-50)62-29-17-25-55-53-23-13-15-27-59(53)72(4,5)69(55)62/h9-36,39-43H,8,37-38H2,1-7H3. The molecule has 0 bridgehead atoms. The molecular formula is C73H60N2. The predicted octanol–water partition coefficient (Wildman–Crippen LogP) is 20.2. The highest BCUT2D eigenvalue weighted by atomic mass is 15.2. The van der Waals surface area contributed by atoms with Gasteiger partial charge in [-0.2, -0.15) is 0 Å². The Morgan fingerprint density at radius 1 is 0.373 bits per heavy atom.